The minimum Gasteiger partial charge on any atom is -0.395 e. The van der Waals surface area contributed by atoms with E-state index in [4.69, 9.17) is 14.9 Å². The molecule has 20 heavy (non-hydrogen) atoms. The molecule has 3 N–H and O–H groups in total. The van der Waals surface area contributed by atoms with Crippen molar-refractivity contribution in [2.24, 2.45) is 0 Å². The second kappa shape index (κ2) is 9.65. The number of carbonyl (C=O) groups is 2. The van der Waals surface area contributed by atoms with E-state index in [0.29, 0.717) is 32.7 Å². The number of amides is 2. The fourth-order valence-electron chi connectivity index (χ4n) is 1.94. The van der Waals surface area contributed by atoms with E-state index < -0.39 is 11.8 Å². The molecule has 0 bridgehead atoms. The fraction of sp³-hybridized carbons (Fsp3) is 0.833. The maximum atomic E-state index is 11.8. The molecule has 1 heterocycles. The number of aliphatic hydroxyl groups excluding tert-OH is 2. The van der Waals surface area contributed by atoms with Crippen LogP contribution in [0, 0.1) is 0 Å². The largest absolute Gasteiger partial charge is 0.395 e. The molecule has 1 aliphatic rings. The summed E-state index contributed by atoms with van der Waals surface area (Å²) < 4.78 is 4.98. The molecule has 1 rings (SSSR count). The normalized spacial score (nSPS) is 16.2. The van der Waals surface area contributed by atoms with E-state index >= 15 is 0 Å². The van der Waals surface area contributed by atoms with E-state index in [1.807, 2.05) is 4.90 Å². The monoisotopic (exact) mass is 289 g/mol. The minimum absolute atomic E-state index is 0.0645. The number of ether oxygens (including phenoxy) is 1. The van der Waals surface area contributed by atoms with Gasteiger partial charge in [0.2, 0.25) is 0 Å². The molecule has 2 amide bonds. The number of carbonyl (C=O) groups excluding carboxylic acids is 2. The zero-order valence-electron chi connectivity index (χ0n) is 11.6. The third-order valence-electron chi connectivity index (χ3n) is 3.04. The van der Waals surface area contributed by atoms with Crippen molar-refractivity contribution in [3.8, 4) is 0 Å². The number of rotatable bonds is 7. The highest BCUT2D eigenvalue weighted by Gasteiger charge is 2.25. The van der Waals surface area contributed by atoms with Crippen molar-refractivity contribution in [2.45, 2.75) is 0 Å². The van der Waals surface area contributed by atoms with Crippen LogP contribution in [0.3, 0.4) is 0 Å². The van der Waals surface area contributed by atoms with E-state index in [0.717, 1.165) is 0 Å². The average molecular weight is 289 g/mol. The number of piperazine rings is 1. The number of nitrogens with one attached hydrogen (secondary N) is 1. The van der Waals surface area contributed by atoms with Gasteiger partial charge >= 0.3 is 11.8 Å². The van der Waals surface area contributed by atoms with Gasteiger partial charge in [0.15, 0.2) is 0 Å². The van der Waals surface area contributed by atoms with Gasteiger partial charge in [0.05, 0.1) is 26.4 Å². The number of β-amino-alcohol motifs (C(OH)–C–C–N with tert-alkyl or cyclic N) is 1. The van der Waals surface area contributed by atoms with Crippen LogP contribution < -0.4 is 5.32 Å². The summed E-state index contributed by atoms with van der Waals surface area (Å²) >= 11 is 0. The molecule has 1 aliphatic heterocycles. The molecular formula is C12H23N3O5. The van der Waals surface area contributed by atoms with Crippen molar-refractivity contribution in [1.29, 1.82) is 0 Å². The minimum atomic E-state index is -0.631. The van der Waals surface area contributed by atoms with Gasteiger partial charge in [-0.3, -0.25) is 14.5 Å². The van der Waals surface area contributed by atoms with Crippen molar-refractivity contribution in [3.05, 3.63) is 0 Å². The Morgan fingerprint density at radius 1 is 1.05 bits per heavy atom. The summed E-state index contributed by atoms with van der Waals surface area (Å²) in [7, 11) is 0. The molecule has 0 unspecified atom stereocenters. The Kier molecular flexibility index (Phi) is 8.12. The molecule has 8 nitrogen and oxygen atoms in total. The molecule has 0 aromatic carbocycles. The number of nitrogens with zero attached hydrogens (tertiary/aromatic N) is 2. The number of aliphatic hydroxyl groups is 2. The standard InChI is InChI=1S/C12H23N3O5/c16-7-6-14-2-4-15(5-3-14)12(19)11(18)13-1-9-20-10-8-17/h16-17H,1-10H2,(H,13,18). The predicted octanol–water partition coefficient (Wildman–Crippen LogP) is -2.75. The van der Waals surface area contributed by atoms with E-state index in [-0.39, 0.29) is 33.0 Å². The maximum absolute atomic E-state index is 11.8. The molecule has 0 aromatic rings. The van der Waals surface area contributed by atoms with E-state index in [2.05, 4.69) is 5.32 Å². The van der Waals surface area contributed by atoms with Crippen LogP contribution in [0.4, 0.5) is 0 Å². The van der Waals surface area contributed by atoms with E-state index in [1.165, 1.54) is 4.90 Å². The second-order valence-corrected chi connectivity index (χ2v) is 4.45. The molecule has 0 atom stereocenters. The van der Waals surface area contributed by atoms with Gasteiger partial charge in [-0.2, -0.15) is 0 Å². The van der Waals surface area contributed by atoms with Gasteiger partial charge in [-0.25, -0.2) is 0 Å². The maximum Gasteiger partial charge on any atom is 0.311 e. The molecule has 116 valence electrons. The molecular weight excluding hydrogens is 266 g/mol. The van der Waals surface area contributed by atoms with Gasteiger partial charge in [-0.05, 0) is 0 Å². The molecule has 0 aromatic heterocycles. The highest BCUT2D eigenvalue weighted by atomic mass is 16.5. The van der Waals surface area contributed by atoms with Crippen LogP contribution in [0.2, 0.25) is 0 Å². The lowest BCUT2D eigenvalue weighted by Crippen LogP contribution is -2.53. The van der Waals surface area contributed by atoms with Crippen LogP contribution in [0.25, 0.3) is 0 Å². The Morgan fingerprint density at radius 2 is 1.75 bits per heavy atom. The molecule has 0 radical (unpaired) electrons. The molecule has 1 fully saturated rings. The van der Waals surface area contributed by atoms with Crippen LogP contribution in [-0.4, -0.2) is 97.5 Å². The quantitative estimate of drug-likeness (QED) is 0.347. The van der Waals surface area contributed by atoms with Gasteiger partial charge in [-0.1, -0.05) is 0 Å². The zero-order valence-corrected chi connectivity index (χ0v) is 11.6. The van der Waals surface area contributed by atoms with Gasteiger partial charge in [0.25, 0.3) is 0 Å². The van der Waals surface area contributed by atoms with Crippen molar-refractivity contribution in [1.82, 2.24) is 15.1 Å². The number of hydrogen-bond acceptors (Lipinski definition) is 6. The molecule has 0 saturated carbocycles. The summed E-state index contributed by atoms with van der Waals surface area (Å²) in [6.07, 6.45) is 0. The lowest BCUT2D eigenvalue weighted by atomic mass is 10.3. The summed E-state index contributed by atoms with van der Waals surface area (Å²) in [6.45, 7) is 3.68. The third-order valence-corrected chi connectivity index (χ3v) is 3.04. The summed E-state index contributed by atoms with van der Waals surface area (Å²) in [6, 6.07) is 0. The fourth-order valence-corrected chi connectivity index (χ4v) is 1.94. The van der Waals surface area contributed by atoms with Gasteiger partial charge in [0.1, 0.15) is 0 Å². The first-order chi connectivity index (χ1) is 9.69. The Hall–Kier alpha value is -1.22. The van der Waals surface area contributed by atoms with Crippen LogP contribution in [0.1, 0.15) is 0 Å². The second-order valence-electron chi connectivity index (χ2n) is 4.45. The van der Waals surface area contributed by atoms with Crippen LogP contribution in [0.15, 0.2) is 0 Å². The lowest BCUT2D eigenvalue weighted by molar-refractivity contribution is -0.147. The Labute approximate surface area is 118 Å². The first kappa shape index (κ1) is 16.8. The molecule has 1 saturated heterocycles. The zero-order chi connectivity index (χ0) is 14.8. The highest BCUT2D eigenvalue weighted by Crippen LogP contribution is 2.01. The molecule has 0 aliphatic carbocycles. The first-order valence-corrected chi connectivity index (χ1v) is 6.78. The van der Waals surface area contributed by atoms with Crippen LogP contribution >= 0.6 is 0 Å². The summed E-state index contributed by atoms with van der Waals surface area (Å²) in [5, 5.41) is 19.8. The number of hydrogen-bond donors (Lipinski definition) is 3. The van der Waals surface area contributed by atoms with Crippen molar-refractivity contribution in [2.75, 3.05) is 65.7 Å². The topological polar surface area (TPSA) is 102 Å². The predicted molar refractivity (Wildman–Crippen MR) is 71.0 cm³/mol. The van der Waals surface area contributed by atoms with Gasteiger partial charge in [-0.15, -0.1) is 0 Å². The molecule has 8 heteroatoms. The van der Waals surface area contributed by atoms with Crippen molar-refractivity contribution < 1.29 is 24.5 Å². The summed E-state index contributed by atoms with van der Waals surface area (Å²) in [5.41, 5.74) is 0. The van der Waals surface area contributed by atoms with Gasteiger partial charge < -0.3 is 25.2 Å². The van der Waals surface area contributed by atoms with Crippen LogP contribution in [-0.2, 0) is 14.3 Å². The Bertz CT molecular complexity index is 305. The first-order valence-electron chi connectivity index (χ1n) is 6.78. The van der Waals surface area contributed by atoms with E-state index in [1.54, 1.807) is 0 Å². The third kappa shape index (κ3) is 5.83. The van der Waals surface area contributed by atoms with Crippen molar-refractivity contribution >= 4 is 11.8 Å². The SMILES string of the molecule is O=C(NCCOCCO)C(=O)N1CCN(CCO)CC1. The lowest BCUT2D eigenvalue weighted by Gasteiger charge is -2.33. The smallest absolute Gasteiger partial charge is 0.311 e. The summed E-state index contributed by atoms with van der Waals surface area (Å²) in [5.74, 6) is -1.16. The average Bonchev–Trinajstić information content (AvgIpc) is 2.47. The highest BCUT2D eigenvalue weighted by molar-refractivity contribution is 6.35. The summed E-state index contributed by atoms with van der Waals surface area (Å²) in [4.78, 5) is 27.0. The van der Waals surface area contributed by atoms with E-state index in [9.17, 15) is 9.59 Å². The van der Waals surface area contributed by atoms with Crippen molar-refractivity contribution in [3.63, 3.8) is 0 Å². The van der Waals surface area contributed by atoms with Gasteiger partial charge in [0, 0.05) is 39.3 Å². The molecule has 0 spiro atoms. The Balaban J connectivity index is 2.19. The Morgan fingerprint density at radius 3 is 2.35 bits per heavy atom. The van der Waals surface area contributed by atoms with Crippen LogP contribution in [0.5, 0.6) is 0 Å².